The van der Waals surface area contributed by atoms with Crippen molar-refractivity contribution in [3.8, 4) is 0 Å². The van der Waals surface area contributed by atoms with E-state index in [1.807, 2.05) is 16.7 Å². The van der Waals surface area contributed by atoms with Gasteiger partial charge in [0.1, 0.15) is 0 Å². The average Bonchev–Trinajstić information content (AvgIpc) is 3.32. The van der Waals surface area contributed by atoms with E-state index in [2.05, 4.69) is 50.9 Å². The minimum absolute atomic E-state index is 0. The lowest BCUT2D eigenvalue weighted by molar-refractivity contribution is 0.612. The number of guanidine groups is 1. The zero-order chi connectivity index (χ0) is 19.4. The monoisotopic (exact) mass is 527 g/mol. The van der Waals surface area contributed by atoms with Gasteiger partial charge < -0.3 is 15.5 Å². The minimum Gasteiger partial charge on any atom is -0.355 e. The molecule has 2 heterocycles. The Kier molecular flexibility index (Phi) is 7.61. The zero-order valence-corrected chi connectivity index (χ0v) is 19.6. The van der Waals surface area contributed by atoms with Crippen LogP contribution in [0.4, 0.5) is 10.2 Å². The van der Waals surface area contributed by atoms with Crippen molar-refractivity contribution in [1.29, 1.82) is 0 Å². The normalized spacial score (nSPS) is 20.1. The summed E-state index contributed by atoms with van der Waals surface area (Å²) in [5, 5.41) is 6.98. The van der Waals surface area contributed by atoms with Gasteiger partial charge in [0.05, 0.1) is 0 Å². The first-order chi connectivity index (χ1) is 13.7. The highest BCUT2D eigenvalue weighted by Gasteiger charge is 2.43. The molecule has 2 aliphatic rings. The topological polar surface area (TPSA) is 52.6 Å². The van der Waals surface area contributed by atoms with Gasteiger partial charge in [0.2, 0.25) is 0 Å². The van der Waals surface area contributed by atoms with Gasteiger partial charge in [-0.25, -0.2) is 9.37 Å². The number of hydrogen-bond donors (Lipinski definition) is 2. The molecule has 29 heavy (non-hydrogen) atoms. The molecule has 1 saturated carbocycles. The van der Waals surface area contributed by atoms with Gasteiger partial charge in [-0.05, 0) is 43.5 Å². The van der Waals surface area contributed by atoms with Gasteiger partial charge in [0, 0.05) is 48.6 Å². The molecule has 5 nitrogen and oxygen atoms in total. The summed E-state index contributed by atoms with van der Waals surface area (Å²) in [7, 11) is 1.80. The lowest BCUT2D eigenvalue weighted by atomic mass is 10.3. The Hall–Kier alpha value is -1.55. The maximum absolute atomic E-state index is 14.0. The zero-order valence-electron chi connectivity index (χ0n) is 16.5. The molecule has 0 radical (unpaired) electrons. The van der Waals surface area contributed by atoms with E-state index in [1.165, 1.54) is 23.8 Å². The number of anilines is 1. The van der Waals surface area contributed by atoms with Crippen molar-refractivity contribution < 1.29 is 4.39 Å². The first kappa shape index (κ1) is 22.1. The molecule has 0 bridgehead atoms. The summed E-state index contributed by atoms with van der Waals surface area (Å²) in [6.07, 6.45) is 5.00. The summed E-state index contributed by atoms with van der Waals surface area (Å²) in [6.45, 7) is 2.40. The van der Waals surface area contributed by atoms with Crippen molar-refractivity contribution in [2.75, 3.05) is 31.6 Å². The molecule has 1 saturated heterocycles. The van der Waals surface area contributed by atoms with Crippen LogP contribution in [-0.4, -0.2) is 48.4 Å². The Labute approximate surface area is 193 Å². The van der Waals surface area contributed by atoms with E-state index < -0.39 is 0 Å². The molecule has 2 N–H and O–H groups in total. The predicted molar refractivity (Wildman–Crippen MR) is 129 cm³/mol. The van der Waals surface area contributed by atoms with E-state index in [0.717, 1.165) is 32.0 Å². The number of nitrogens with one attached hydrogen (secondary N) is 2. The van der Waals surface area contributed by atoms with E-state index in [1.54, 1.807) is 19.3 Å². The molecule has 1 atom stereocenters. The molecule has 2 aromatic rings. The molecule has 1 aromatic heterocycles. The Morgan fingerprint density at radius 3 is 2.76 bits per heavy atom. The standard InChI is InChI=1S/C21H26FN5S.HI/c1-23-20(25-15-21(10-11-21)28-17-6-3-2-4-7-17)26-16-9-13-27(14-16)19-18(22)8-5-12-24-19;/h2-8,12,16H,9-11,13-15H2,1H3,(H2,23,25,26);1H. The number of nitrogens with zero attached hydrogens (tertiary/aromatic N) is 3. The van der Waals surface area contributed by atoms with Gasteiger partial charge >= 0.3 is 0 Å². The first-order valence-electron chi connectivity index (χ1n) is 9.74. The van der Waals surface area contributed by atoms with Crippen LogP contribution in [0.25, 0.3) is 0 Å². The minimum atomic E-state index is -0.265. The summed E-state index contributed by atoms with van der Waals surface area (Å²) < 4.78 is 14.2. The van der Waals surface area contributed by atoms with Crippen molar-refractivity contribution in [3.05, 3.63) is 54.5 Å². The lowest BCUT2D eigenvalue weighted by Gasteiger charge is -2.22. The van der Waals surface area contributed by atoms with E-state index in [-0.39, 0.29) is 40.6 Å². The van der Waals surface area contributed by atoms with E-state index >= 15 is 0 Å². The van der Waals surface area contributed by atoms with Crippen LogP contribution in [0.5, 0.6) is 0 Å². The number of hydrogen-bond acceptors (Lipinski definition) is 4. The van der Waals surface area contributed by atoms with Gasteiger partial charge in [0.25, 0.3) is 0 Å². The van der Waals surface area contributed by atoms with Gasteiger partial charge in [0.15, 0.2) is 17.6 Å². The Morgan fingerprint density at radius 1 is 1.28 bits per heavy atom. The summed E-state index contributed by atoms with van der Waals surface area (Å²) in [5.41, 5.74) is 0. The van der Waals surface area contributed by atoms with Crippen molar-refractivity contribution in [2.24, 2.45) is 4.99 Å². The van der Waals surface area contributed by atoms with Crippen LogP contribution in [0, 0.1) is 5.82 Å². The maximum Gasteiger partial charge on any atom is 0.191 e. The second kappa shape index (κ2) is 9.97. The molecule has 8 heteroatoms. The average molecular weight is 527 g/mol. The van der Waals surface area contributed by atoms with E-state index in [9.17, 15) is 4.39 Å². The number of thioether (sulfide) groups is 1. The van der Waals surface area contributed by atoms with Crippen LogP contribution in [0.3, 0.4) is 0 Å². The quantitative estimate of drug-likeness (QED) is 0.339. The molecule has 1 unspecified atom stereocenters. The molecule has 1 aliphatic carbocycles. The van der Waals surface area contributed by atoms with Crippen LogP contribution in [0.15, 0.2) is 58.5 Å². The fraction of sp³-hybridized carbons (Fsp3) is 0.429. The van der Waals surface area contributed by atoms with E-state index in [0.29, 0.717) is 5.82 Å². The summed E-state index contributed by atoms with van der Waals surface area (Å²) >= 11 is 1.95. The number of benzene rings is 1. The number of rotatable bonds is 6. The fourth-order valence-corrected chi connectivity index (χ4v) is 4.75. The number of halogens is 2. The summed E-state index contributed by atoms with van der Waals surface area (Å²) in [4.78, 5) is 11.9. The van der Waals surface area contributed by atoms with Gasteiger partial charge in [-0.3, -0.25) is 4.99 Å². The van der Waals surface area contributed by atoms with Crippen molar-refractivity contribution >= 4 is 47.5 Å². The lowest BCUT2D eigenvalue weighted by Crippen LogP contribution is -2.46. The third-order valence-corrected chi connectivity index (χ3v) is 6.75. The van der Waals surface area contributed by atoms with Crippen LogP contribution in [0.1, 0.15) is 19.3 Å². The highest BCUT2D eigenvalue weighted by molar-refractivity contribution is 14.0. The Balaban J connectivity index is 0.00000240. The van der Waals surface area contributed by atoms with Crippen molar-refractivity contribution in [2.45, 2.75) is 34.9 Å². The molecule has 2 fully saturated rings. The summed E-state index contributed by atoms with van der Waals surface area (Å²) in [6, 6.07) is 13.9. The molecule has 0 spiro atoms. The SMILES string of the molecule is CN=C(NCC1(Sc2ccccc2)CC1)NC1CCN(c2ncccc2F)C1.I. The van der Waals surface area contributed by atoms with E-state index in [4.69, 9.17) is 0 Å². The van der Waals surface area contributed by atoms with Crippen LogP contribution >= 0.6 is 35.7 Å². The molecule has 1 aromatic carbocycles. The maximum atomic E-state index is 14.0. The fourth-order valence-electron chi connectivity index (χ4n) is 3.51. The second-order valence-corrected chi connectivity index (χ2v) is 8.95. The molecular weight excluding hydrogens is 500 g/mol. The predicted octanol–water partition coefficient (Wildman–Crippen LogP) is 3.91. The van der Waals surface area contributed by atoms with Crippen LogP contribution in [0.2, 0.25) is 0 Å². The van der Waals surface area contributed by atoms with Gasteiger partial charge in [-0.1, -0.05) is 18.2 Å². The molecule has 0 amide bonds. The van der Waals surface area contributed by atoms with Gasteiger partial charge in [-0.15, -0.1) is 35.7 Å². The third kappa shape index (κ3) is 5.75. The molecule has 4 rings (SSSR count). The number of pyridine rings is 1. The van der Waals surface area contributed by atoms with Crippen LogP contribution in [-0.2, 0) is 0 Å². The molecular formula is C21H27FIN5S. The second-order valence-electron chi connectivity index (χ2n) is 7.41. The number of aliphatic imine (C=N–C) groups is 1. The third-order valence-electron chi connectivity index (χ3n) is 5.25. The first-order valence-corrected chi connectivity index (χ1v) is 10.6. The molecule has 1 aliphatic heterocycles. The Morgan fingerprint density at radius 2 is 2.07 bits per heavy atom. The molecule has 156 valence electrons. The largest absolute Gasteiger partial charge is 0.355 e. The highest BCUT2D eigenvalue weighted by Crippen LogP contribution is 2.51. The van der Waals surface area contributed by atoms with Crippen molar-refractivity contribution in [1.82, 2.24) is 15.6 Å². The Bertz CT molecular complexity index is 831. The van der Waals surface area contributed by atoms with Gasteiger partial charge in [-0.2, -0.15) is 0 Å². The number of aromatic nitrogens is 1. The van der Waals surface area contributed by atoms with Crippen LogP contribution < -0.4 is 15.5 Å². The smallest absolute Gasteiger partial charge is 0.191 e. The highest BCUT2D eigenvalue weighted by atomic mass is 127. The van der Waals surface area contributed by atoms with Crippen molar-refractivity contribution in [3.63, 3.8) is 0 Å². The summed E-state index contributed by atoms with van der Waals surface area (Å²) in [5.74, 6) is 0.985.